The smallest absolute Gasteiger partial charge is 0.146 e. The third-order valence-electron chi connectivity index (χ3n) is 2.85. The Balaban J connectivity index is 1.84. The van der Waals surface area contributed by atoms with Gasteiger partial charge < -0.3 is 15.0 Å². The van der Waals surface area contributed by atoms with Crippen molar-refractivity contribution in [3.05, 3.63) is 47.5 Å². The van der Waals surface area contributed by atoms with Gasteiger partial charge in [-0.05, 0) is 18.1 Å². The number of nitrogens with zero attached hydrogens (tertiary/aromatic N) is 3. The lowest BCUT2D eigenvalue weighted by Gasteiger charge is -2.06. The molecule has 0 unspecified atom stereocenters. The molecule has 1 heterocycles. The zero-order valence-corrected chi connectivity index (χ0v) is 10.5. The van der Waals surface area contributed by atoms with Crippen LogP contribution in [0.1, 0.15) is 23.9 Å². The van der Waals surface area contributed by atoms with Gasteiger partial charge in [-0.2, -0.15) is 0 Å². The van der Waals surface area contributed by atoms with Crippen molar-refractivity contribution < 1.29 is 5.11 Å². The Morgan fingerprint density at radius 2 is 1.89 bits per heavy atom. The van der Waals surface area contributed by atoms with E-state index in [1.165, 1.54) is 5.56 Å². The van der Waals surface area contributed by atoms with Crippen molar-refractivity contribution in [3.8, 4) is 0 Å². The van der Waals surface area contributed by atoms with Crippen molar-refractivity contribution in [2.75, 3.05) is 0 Å². The van der Waals surface area contributed by atoms with Gasteiger partial charge in [0.1, 0.15) is 12.2 Å². The molecule has 96 valence electrons. The van der Waals surface area contributed by atoms with Crippen molar-refractivity contribution in [3.63, 3.8) is 0 Å². The molecule has 0 aliphatic rings. The predicted molar refractivity (Wildman–Crippen MR) is 68.6 cm³/mol. The minimum Gasteiger partial charge on any atom is -0.392 e. The molecular weight excluding hydrogens is 228 g/mol. The lowest BCUT2D eigenvalue weighted by atomic mass is 10.1. The molecule has 0 saturated heterocycles. The van der Waals surface area contributed by atoms with Crippen LogP contribution >= 0.6 is 0 Å². The van der Waals surface area contributed by atoms with Gasteiger partial charge in [0.05, 0.1) is 13.2 Å². The minimum absolute atomic E-state index is 0.0906. The maximum absolute atomic E-state index is 8.95. The summed E-state index contributed by atoms with van der Waals surface area (Å²) in [5.41, 5.74) is 2.12. The maximum atomic E-state index is 8.95. The van der Waals surface area contributed by atoms with E-state index in [2.05, 4.69) is 22.4 Å². The fourth-order valence-corrected chi connectivity index (χ4v) is 1.76. The number of aliphatic hydroxyl groups is 1. The van der Waals surface area contributed by atoms with Gasteiger partial charge in [0.25, 0.3) is 0 Å². The Morgan fingerprint density at radius 3 is 2.56 bits per heavy atom. The molecule has 0 aliphatic heterocycles. The van der Waals surface area contributed by atoms with Crippen LogP contribution in [0, 0.1) is 0 Å². The first-order chi connectivity index (χ1) is 8.83. The van der Waals surface area contributed by atoms with Crippen molar-refractivity contribution in [2.45, 2.75) is 33.2 Å². The van der Waals surface area contributed by atoms with Crippen LogP contribution < -0.4 is 5.32 Å². The first kappa shape index (κ1) is 12.7. The third kappa shape index (κ3) is 3.15. The molecule has 0 aliphatic carbocycles. The summed E-state index contributed by atoms with van der Waals surface area (Å²) in [6.45, 7) is 4.53. The van der Waals surface area contributed by atoms with Crippen molar-refractivity contribution in [1.29, 1.82) is 0 Å². The van der Waals surface area contributed by atoms with E-state index in [0.29, 0.717) is 6.54 Å². The summed E-state index contributed by atoms with van der Waals surface area (Å²) < 4.78 is 2.02. The fourth-order valence-electron chi connectivity index (χ4n) is 1.76. The van der Waals surface area contributed by atoms with Gasteiger partial charge in [-0.25, -0.2) is 0 Å². The predicted octanol–water partition coefficient (Wildman–Crippen LogP) is 1.08. The SMILES string of the molecule is CCn1cnnc1CNCc1ccc(CO)cc1. The Hall–Kier alpha value is -1.72. The molecule has 0 saturated carbocycles. The molecule has 0 atom stereocenters. The molecule has 5 nitrogen and oxygen atoms in total. The van der Waals surface area contributed by atoms with Gasteiger partial charge in [0, 0.05) is 13.1 Å². The van der Waals surface area contributed by atoms with E-state index in [0.717, 1.165) is 24.5 Å². The normalized spacial score (nSPS) is 10.8. The van der Waals surface area contributed by atoms with E-state index in [9.17, 15) is 0 Å². The molecule has 2 N–H and O–H groups in total. The first-order valence-electron chi connectivity index (χ1n) is 6.09. The minimum atomic E-state index is 0.0906. The number of hydrogen-bond donors (Lipinski definition) is 2. The standard InChI is InChI=1S/C13H18N4O/c1-2-17-10-15-16-13(17)8-14-7-11-3-5-12(9-18)6-4-11/h3-6,10,14,18H,2,7-9H2,1H3. The van der Waals surface area contributed by atoms with Crippen LogP contribution in [0.15, 0.2) is 30.6 Å². The van der Waals surface area contributed by atoms with E-state index >= 15 is 0 Å². The Labute approximate surface area is 106 Å². The second-order valence-electron chi connectivity index (χ2n) is 4.11. The van der Waals surface area contributed by atoms with Crippen LogP contribution in [-0.4, -0.2) is 19.9 Å². The molecule has 0 spiro atoms. The summed E-state index contributed by atoms with van der Waals surface area (Å²) in [5, 5.41) is 20.2. The van der Waals surface area contributed by atoms with Crippen LogP contribution in [0.25, 0.3) is 0 Å². The molecule has 0 bridgehead atoms. The Kier molecular flexibility index (Phi) is 4.44. The highest BCUT2D eigenvalue weighted by atomic mass is 16.3. The van der Waals surface area contributed by atoms with Gasteiger partial charge in [-0.3, -0.25) is 0 Å². The summed E-state index contributed by atoms with van der Waals surface area (Å²) in [7, 11) is 0. The Morgan fingerprint density at radius 1 is 1.17 bits per heavy atom. The second-order valence-corrected chi connectivity index (χ2v) is 4.11. The maximum Gasteiger partial charge on any atom is 0.146 e. The van der Waals surface area contributed by atoms with E-state index in [1.807, 2.05) is 28.8 Å². The van der Waals surface area contributed by atoms with Gasteiger partial charge in [0.15, 0.2) is 0 Å². The third-order valence-corrected chi connectivity index (χ3v) is 2.85. The molecule has 5 heteroatoms. The number of aromatic nitrogens is 3. The zero-order valence-electron chi connectivity index (χ0n) is 10.5. The molecule has 0 amide bonds. The van der Waals surface area contributed by atoms with E-state index < -0.39 is 0 Å². The quantitative estimate of drug-likeness (QED) is 0.800. The lowest BCUT2D eigenvalue weighted by Crippen LogP contribution is -2.16. The van der Waals surface area contributed by atoms with Gasteiger partial charge >= 0.3 is 0 Å². The summed E-state index contributed by atoms with van der Waals surface area (Å²) in [6.07, 6.45) is 1.74. The molecule has 18 heavy (non-hydrogen) atoms. The van der Waals surface area contributed by atoms with Gasteiger partial charge in [-0.15, -0.1) is 10.2 Å². The lowest BCUT2D eigenvalue weighted by molar-refractivity contribution is 0.282. The summed E-state index contributed by atoms with van der Waals surface area (Å²) >= 11 is 0. The number of benzene rings is 1. The van der Waals surface area contributed by atoms with Crippen molar-refractivity contribution >= 4 is 0 Å². The van der Waals surface area contributed by atoms with Crippen LogP contribution in [-0.2, 0) is 26.2 Å². The summed E-state index contributed by atoms with van der Waals surface area (Å²) in [4.78, 5) is 0. The number of aliphatic hydroxyl groups excluding tert-OH is 1. The number of nitrogens with one attached hydrogen (secondary N) is 1. The molecule has 1 aromatic heterocycles. The van der Waals surface area contributed by atoms with Gasteiger partial charge in [-0.1, -0.05) is 24.3 Å². The monoisotopic (exact) mass is 246 g/mol. The van der Waals surface area contributed by atoms with Crippen LogP contribution in [0.3, 0.4) is 0 Å². The molecule has 0 fully saturated rings. The summed E-state index contributed by atoms with van der Waals surface area (Å²) in [6, 6.07) is 7.91. The highest BCUT2D eigenvalue weighted by Gasteiger charge is 2.01. The van der Waals surface area contributed by atoms with E-state index in [-0.39, 0.29) is 6.61 Å². The van der Waals surface area contributed by atoms with Crippen LogP contribution in [0.5, 0.6) is 0 Å². The topological polar surface area (TPSA) is 63.0 Å². The van der Waals surface area contributed by atoms with Crippen LogP contribution in [0.4, 0.5) is 0 Å². The van der Waals surface area contributed by atoms with Gasteiger partial charge in [0.2, 0.25) is 0 Å². The summed E-state index contributed by atoms with van der Waals surface area (Å²) in [5.74, 6) is 0.949. The highest BCUT2D eigenvalue weighted by molar-refractivity contribution is 5.21. The highest BCUT2D eigenvalue weighted by Crippen LogP contribution is 2.04. The number of hydrogen-bond acceptors (Lipinski definition) is 4. The Bertz CT molecular complexity index is 478. The first-order valence-corrected chi connectivity index (χ1v) is 6.09. The second kappa shape index (κ2) is 6.28. The van der Waals surface area contributed by atoms with Crippen molar-refractivity contribution in [2.24, 2.45) is 0 Å². The van der Waals surface area contributed by atoms with Crippen molar-refractivity contribution in [1.82, 2.24) is 20.1 Å². The largest absolute Gasteiger partial charge is 0.392 e. The molecule has 1 aromatic carbocycles. The average molecular weight is 246 g/mol. The molecule has 0 radical (unpaired) electrons. The number of aryl methyl sites for hydroxylation is 1. The van der Waals surface area contributed by atoms with Crippen LogP contribution in [0.2, 0.25) is 0 Å². The molecule has 2 aromatic rings. The molecular formula is C13H18N4O. The fraction of sp³-hybridized carbons (Fsp3) is 0.385. The van der Waals surface area contributed by atoms with E-state index in [4.69, 9.17) is 5.11 Å². The van der Waals surface area contributed by atoms with E-state index in [1.54, 1.807) is 6.33 Å². The zero-order chi connectivity index (χ0) is 12.8. The number of rotatable bonds is 6. The average Bonchev–Trinajstić information content (AvgIpc) is 2.87. The molecule has 2 rings (SSSR count).